The Morgan fingerprint density at radius 3 is 2.57 bits per heavy atom. The highest BCUT2D eigenvalue weighted by Gasteiger charge is 2.23. The molecule has 0 saturated carbocycles. The molecule has 1 aliphatic rings. The third-order valence-corrected chi connectivity index (χ3v) is 5.13. The first-order chi connectivity index (χ1) is 10.9. The Balaban J connectivity index is 1.70. The Hall–Kier alpha value is -1.82. The maximum Gasteiger partial charge on any atom is 0.317 e. The van der Waals surface area contributed by atoms with Crippen molar-refractivity contribution in [3.63, 3.8) is 0 Å². The van der Waals surface area contributed by atoms with E-state index in [9.17, 15) is 4.79 Å². The summed E-state index contributed by atoms with van der Waals surface area (Å²) in [4.78, 5) is 21.1. The first-order valence-corrected chi connectivity index (χ1v) is 8.94. The molecule has 3 rings (SSSR count). The summed E-state index contributed by atoms with van der Waals surface area (Å²) in [5.74, 6) is 0. The number of rotatable bonds is 2. The number of carbonyl (C=O) groups is 1. The maximum atomic E-state index is 12.1. The largest absolute Gasteiger partial charge is 0.345 e. The van der Waals surface area contributed by atoms with Crippen LogP contribution in [-0.4, -0.2) is 48.1 Å². The van der Waals surface area contributed by atoms with Crippen LogP contribution in [0.25, 0.3) is 10.2 Å². The molecule has 23 heavy (non-hydrogen) atoms. The maximum absolute atomic E-state index is 12.1. The molecule has 0 radical (unpaired) electrons. The summed E-state index contributed by atoms with van der Waals surface area (Å²) in [6.45, 7) is 11.4. The van der Waals surface area contributed by atoms with Crippen molar-refractivity contribution in [1.29, 1.82) is 0 Å². The minimum absolute atomic E-state index is 0.0374. The van der Waals surface area contributed by atoms with Gasteiger partial charge < -0.3 is 15.1 Å². The minimum atomic E-state index is 0.0374. The van der Waals surface area contributed by atoms with Crippen LogP contribution in [0, 0.1) is 13.8 Å². The Labute approximate surface area is 141 Å². The SMILES string of the molecule is Cc1cc(C)c2nc(N3CCN(C(=O)NC(C)C)CC3)sc2c1. The number of hydrogen-bond acceptors (Lipinski definition) is 4. The average Bonchev–Trinajstić information content (AvgIpc) is 2.91. The molecule has 2 heterocycles. The van der Waals surface area contributed by atoms with Crippen LogP contribution in [0.4, 0.5) is 9.93 Å². The van der Waals surface area contributed by atoms with Gasteiger partial charge in [-0.1, -0.05) is 17.4 Å². The van der Waals surface area contributed by atoms with Crippen LogP contribution in [0.15, 0.2) is 12.1 Å². The molecule has 5 nitrogen and oxygen atoms in total. The molecule has 1 aromatic heterocycles. The normalized spacial score (nSPS) is 15.5. The standard InChI is InChI=1S/C17H24N4OS/c1-11(2)18-16(22)20-5-7-21(8-6-20)17-19-15-13(4)9-12(3)10-14(15)23-17/h9-11H,5-8H2,1-4H3,(H,18,22). The van der Waals surface area contributed by atoms with Crippen LogP contribution in [0.2, 0.25) is 0 Å². The second-order valence-corrected chi connectivity index (χ2v) is 7.51. The summed E-state index contributed by atoms with van der Waals surface area (Å²) < 4.78 is 1.25. The molecule has 1 saturated heterocycles. The summed E-state index contributed by atoms with van der Waals surface area (Å²) in [7, 11) is 0. The van der Waals surface area contributed by atoms with Crippen molar-refractivity contribution in [2.45, 2.75) is 33.7 Å². The van der Waals surface area contributed by atoms with Crippen molar-refractivity contribution in [3.8, 4) is 0 Å². The van der Waals surface area contributed by atoms with Gasteiger partial charge in [-0.15, -0.1) is 0 Å². The lowest BCUT2D eigenvalue weighted by Gasteiger charge is -2.34. The molecule has 0 unspecified atom stereocenters. The predicted molar refractivity (Wildman–Crippen MR) is 96.5 cm³/mol. The molecule has 2 amide bonds. The van der Waals surface area contributed by atoms with Crippen LogP contribution < -0.4 is 10.2 Å². The van der Waals surface area contributed by atoms with E-state index in [2.05, 4.69) is 36.2 Å². The first-order valence-electron chi connectivity index (χ1n) is 8.12. The van der Waals surface area contributed by atoms with Crippen molar-refractivity contribution in [2.75, 3.05) is 31.1 Å². The van der Waals surface area contributed by atoms with Crippen LogP contribution in [0.3, 0.4) is 0 Å². The van der Waals surface area contributed by atoms with Crippen LogP contribution in [0.1, 0.15) is 25.0 Å². The molecule has 124 valence electrons. The van der Waals surface area contributed by atoms with Crippen molar-refractivity contribution < 1.29 is 4.79 Å². The van der Waals surface area contributed by atoms with Gasteiger partial charge >= 0.3 is 6.03 Å². The zero-order valence-electron chi connectivity index (χ0n) is 14.2. The molecule has 2 aromatic rings. The number of anilines is 1. The van der Waals surface area contributed by atoms with Gasteiger partial charge in [-0.25, -0.2) is 9.78 Å². The van der Waals surface area contributed by atoms with E-state index in [1.807, 2.05) is 18.7 Å². The zero-order valence-corrected chi connectivity index (χ0v) is 15.0. The Bertz CT molecular complexity index is 717. The number of amides is 2. The summed E-state index contributed by atoms with van der Waals surface area (Å²) in [6.07, 6.45) is 0. The van der Waals surface area contributed by atoms with E-state index in [1.165, 1.54) is 15.8 Å². The third-order valence-electron chi connectivity index (χ3n) is 4.07. The predicted octanol–water partition coefficient (Wildman–Crippen LogP) is 3.15. The molecule has 0 aliphatic carbocycles. The van der Waals surface area contributed by atoms with E-state index in [0.29, 0.717) is 0 Å². The van der Waals surface area contributed by atoms with Gasteiger partial charge in [0.25, 0.3) is 0 Å². The third kappa shape index (κ3) is 3.42. The molecule has 1 fully saturated rings. The molecule has 0 atom stereocenters. The van der Waals surface area contributed by atoms with E-state index in [4.69, 9.17) is 4.98 Å². The highest BCUT2D eigenvalue weighted by molar-refractivity contribution is 7.22. The average molecular weight is 332 g/mol. The molecular weight excluding hydrogens is 308 g/mol. The summed E-state index contributed by atoms with van der Waals surface area (Å²) in [5, 5.41) is 4.02. The van der Waals surface area contributed by atoms with Gasteiger partial charge in [-0.3, -0.25) is 0 Å². The van der Waals surface area contributed by atoms with Gasteiger partial charge in [-0.05, 0) is 44.9 Å². The van der Waals surface area contributed by atoms with E-state index in [0.717, 1.165) is 36.8 Å². The Morgan fingerprint density at radius 1 is 1.22 bits per heavy atom. The topological polar surface area (TPSA) is 48.5 Å². The number of nitrogens with one attached hydrogen (secondary N) is 1. The number of thiazole rings is 1. The zero-order chi connectivity index (χ0) is 16.6. The van der Waals surface area contributed by atoms with Gasteiger partial charge in [0, 0.05) is 32.2 Å². The second-order valence-electron chi connectivity index (χ2n) is 6.50. The Morgan fingerprint density at radius 2 is 1.91 bits per heavy atom. The fourth-order valence-electron chi connectivity index (χ4n) is 2.93. The van der Waals surface area contributed by atoms with E-state index >= 15 is 0 Å². The lowest BCUT2D eigenvalue weighted by molar-refractivity contribution is 0.192. The molecule has 1 aromatic carbocycles. The highest BCUT2D eigenvalue weighted by atomic mass is 32.1. The van der Waals surface area contributed by atoms with E-state index < -0.39 is 0 Å². The molecular formula is C17H24N4OS. The number of carbonyl (C=O) groups excluding carboxylic acids is 1. The van der Waals surface area contributed by atoms with Gasteiger partial charge in [0.15, 0.2) is 5.13 Å². The van der Waals surface area contributed by atoms with E-state index in [1.54, 1.807) is 11.3 Å². The number of aryl methyl sites for hydroxylation is 2. The lowest BCUT2D eigenvalue weighted by Crippen LogP contribution is -2.52. The lowest BCUT2D eigenvalue weighted by atomic mass is 10.1. The number of aromatic nitrogens is 1. The fraction of sp³-hybridized carbons (Fsp3) is 0.529. The van der Waals surface area contributed by atoms with Gasteiger partial charge in [0.2, 0.25) is 0 Å². The number of nitrogens with zero attached hydrogens (tertiary/aromatic N) is 3. The van der Waals surface area contributed by atoms with Gasteiger partial charge in [-0.2, -0.15) is 0 Å². The van der Waals surface area contributed by atoms with Crippen LogP contribution in [0.5, 0.6) is 0 Å². The molecule has 1 aliphatic heterocycles. The molecule has 0 spiro atoms. The number of benzene rings is 1. The van der Waals surface area contributed by atoms with Crippen molar-refractivity contribution in [2.24, 2.45) is 0 Å². The molecule has 0 bridgehead atoms. The van der Waals surface area contributed by atoms with Gasteiger partial charge in [0.05, 0.1) is 10.2 Å². The van der Waals surface area contributed by atoms with Crippen molar-refractivity contribution in [3.05, 3.63) is 23.3 Å². The summed E-state index contributed by atoms with van der Waals surface area (Å²) in [5.41, 5.74) is 3.62. The second kappa shape index (κ2) is 6.35. The highest BCUT2D eigenvalue weighted by Crippen LogP contribution is 2.32. The Kier molecular flexibility index (Phi) is 4.43. The molecule has 1 N–H and O–H groups in total. The number of piperazine rings is 1. The van der Waals surface area contributed by atoms with E-state index in [-0.39, 0.29) is 12.1 Å². The summed E-state index contributed by atoms with van der Waals surface area (Å²) >= 11 is 1.75. The first kappa shape index (κ1) is 16.1. The van der Waals surface area contributed by atoms with Crippen molar-refractivity contribution >= 4 is 32.7 Å². The number of hydrogen-bond donors (Lipinski definition) is 1. The summed E-state index contributed by atoms with van der Waals surface area (Å²) in [6, 6.07) is 4.60. The number of fused-ring (bicyclic) bond motifs is 1. The quantitative estimate of drug-likeness (QED) is 0.919. The fourth-order valence-corrected chi connectivity index (χ4v) is 4.13. The van der Waals surface area contributed by atoms with Crippen LogP contribution >= 0.6 is 11.3 Å². The van der Waals surface area contributed by atoms with Gasteiger partial charge in [0.1, 0.15) is 0 Å². The monoisotopic (exact) mass is 332 g/mol. The minimum Gasteiger partial charge on any atom is -0.345 e. The number of urea groups is 1. The smallest absolute Gasteiger partial charge is 0.317 e. The molecule has 6 heteroatoms. The van der Waals surface area contributed by atoms with Crippen molar-refractivity contribution in [1.82, 2.24) is 15.2 Å². The van der Waals surface area contributed by atoms with Crippen LogP contribution in [-0.2, 0) is 0 Å².